The van der Waals surface area contributed by atoms with Crippen molar-refractivity contribution in [2.24, 2.45) is 0 Å². The Bertz CT molecular complexity index is 92.1. The fourth-order valence-electron chi connectivity index (χ4n) is 1.00. The van der Waals surface area contributed by atoms with Crippen molar-refractivity contribution in [1.29, 1.82) is 0 Å². The van der Waals surface area contributed by atoms with Crippen molar-refractivity contribution < 1.29 is 9.47 Å². The third-order valence-electron chi connectivity index (χ3n) is 1.67. The average Bonchev–Trinajstić information content (AvgIpc) is 2.07. The predicted octanol–water partition coefficient (Wildman–Crippen LogP) is 1.10. The molecule has 11 heavy (non-hydrogen) atoms. The second-order valence-corrected chi connectivity index (χ2v) is 2.73. The minimum atomic E-state index is -0.143. The molecule has 1 aliphatic rings. The predicted molar refractivity (Wildman–Crippen MR) is 43.2 cm³/mol. The van der Waals surface area contributed by atoms with E-state index in [1.165, 1.54) is 12.8 Å². The van der Waals surface area contributed by atoms with Gasteiger partial charge >= 0.3 is 0 Å². The normalized spacial score (nSPS) is 20.5. The van der Waals surface area contributed by atoms with E-state index >= 15 is 0 Å². The largest absolute Gasteiger partial charge is 0.340 e. The van der Waals surface area contributed by atoms with E-state index < -0.39 is 0 Å². The molecule has 0 bridgehead atoms. The molecule has 0 spiro atoms. The molecule has 0 amide bonds. The van der Waals surface area contributed by atoms with Gasteiger partial charge in [-0.05, 0) is 19.4 Å². The molecule has 0 saturated carbocycles. The van der Waals surface area contributed by atoms with E-state index in [1.807, 2.05) is 0 Å². The van der Waals surface area contributed by atoms with Crippen LogP contribution in [0.15, 0.2) is 0 Å². The van der Waals surface area contributed by atoms with Gasteiger partial charge in [-0.3, -0.25) is 5.32 Å². The maximum Gasteiger partial charge on any atom is 0.216 e. The minimum absolute atomic E-state index is 0.143. The number of rotatable bonds is 4. The van der Waals surface area contributed by atoms with Crippen LogP contribution in [0.25, 0.3) is 0 Å². The van der Waals surface area contributed by atoms with Gasteiger partial charge in [0.05, 0.1) is 13.2 Å². The Morgan fingerprint density at radius 3 is 2.73 bits per heavy atom. The van der Waals surface area contributed by atoms with E-state index in [0.29, 0.717) is 0 Å². The molecule has 3 heteroatoms. The number of nitrogens with one attached hydrogen (secondary N) is 1. The first-order valence-electron chi connectivity index (χ1n) is 4.40. The Balaban J connectivity index is 1.96. The molecule has 3 nitrogen and oxygen atoms in total. The minimum Gasteiger partial charge on any atom is -0.340 e. The summed E-state index contributed by atoms with van der Waals surface area (Å²) in [6.45, 7) is 4.80. The van der Waals surface area contributed by atoms with E-state index in [-0.39, 0.29) is 6.41 Å². The van der Waals surface area contributed by atoms with Gasteiger partial charge in [0.15, 0.2) is 0 Å². The van der Waals surface area contributed by atoms with Gasteiger partial charge in [-0.1, -0.05) is 13.3 Å². The summed E-state index contributed by atoms with van der Waals surface area (Å²) in [6.07, 6.45) is 3.27. The van der Waals surface area contributed by atoms with Crippen molar-refractivity contribution >= 4 is 0 Å². The zero-order valence-electron chi connectivity index (χ0n) is 7.14. The van der Waals surface area contributed by atoms with Crippen molar-refractivity contribution in [3.8, 4) is 0 Å². The second-order valence-electron chi connectivity index (χ2n) is 2.73. The van der Waals surface area contributed by atoms with Gasteiger partial charge in [-0.15, -0.1) is 0 Å². The Hall–Kier alpha value is -0.120. The van der Waals surface area contributed by atoms with Crippen molar-refractivity contribution in [1.82, 2.24) is 5.32 Å². The van der Waals surface area contributed by atoms with Crippen LogP contribution in [0.3, 0.4) is 0 Å². The molecule has 1 fully saturated rings. The molecule has 0 radical (unpaired) electrons. The van der Waals surface area contributed by atoms with E-state index in [9.17, 15) is 0 Å². The first-order valence-corrected chi connectivity index (χ1v) is 4.40. The number of hydrogen-bond donors (Lipinski definition) is 1. The van der Waals surface area contributed by atoms with E-state index in [1.54, 1.807) is 0 Å². The van der Waals surface area contributed by atoms with E-state index in [4.69, 9.17) is 9.47 Å². The maximum atomic E-state index is 5.29. The Morgan fingerprint density at radius 1 is 1.36 bits per heavy atom. The van der Waals surface area contributed by atoms with Crippen LogP contribution in [0.5, 0.6) is 0 Å². The van der Waals surface area contributed by atoms with Crippen molar-refractivity contribution in [2.75, 3.05) is 19.8 Å². The lowest BCUT2D eigenvalue weighted by Crippen LogP contribution is -2.38. The molecular weight excluding hydrogens is 142 g/mol. The van der Waals surface area contributed by atoms with Crippen molar-refractivity contribution in [3.05, 3.63) is 0 Å². The van der Waals surface area contributed by atoms with Gasteiger partial charge < -0.3 is 9.47 Å². The standard InChI is InChI=1S/C8H17NO2/c1-2-3-5-9-8-10-6-4-7-11-8/h8-9H,2-7H2,1H3. The van der Waals surface area contributed by atoms with Crippen molar-refractivity contribution in [2.45, 2.75) is 32.6 Å². The highest BCUT2D eigenvalue weighted by Crippen LogP contribution is 2.01. The van der Waals surface area contributed by atoms with Crippen LogP contribution in [-0.4, -0.2) is 26.2 Å². The molecular formula is C8H17NO2. The molecule has 0 aromatic rings. The summed E-state index contributed by atoms with van der Waals surface area (Å²) in [5.41, 5.74) is 0. The lowest BCUT2D eigenvalue weighted by Gasteiger charge is -2.23. The smallest absolute Gasteiger partial charge is 0.216 e. The summed E-state index contributed by atoms with van der Waals surface area (Å²) < 4.78 is 10.6. The first-order chi connectivity index (χ1) is 5.43. The number of hydrogen-bond acceptors (Lipinski definition) is 3. The third kappa shape index (κ3) is 3.70. The molecule has 1 rings (SSSR count). The summed E-state index contributed by atoms with van der Waals surface area (Å²) in [5.74, 6) is 0. The van der Waals surface area contributed by atoms with Gasteiger partial charge in [0.2, 0.25) is 6.41 Å². The van der Waals surface area contributed by atoms with Gasteiger partial charge in [0.1, 0.15) is 0 Å². The zero-order chi connectivity index (χ0) is 7.94. The zero-order valence-corrected chi connectivity index (χ0v) is 7.14. The molecule has 0 aliphatic carbocycles. The fourth-order valence-corrected chi connectivity index (χ4v) is 1.00. The van der Waals surface area contributed by atoms with Gasteiger partial charge in [0.25, 0.3) is 0 Å². The summed E-state index contributed by atoms with van der Waals surface area (Å²) in [7, 11) is 0. The number of unbranched alkanes of at least 4 members (excludes halogenated alkanes) is 1. The topological polar surface area (TPSA) is 30.5 Å². The molecule has 0 aromatic heterocycles. The molecule has 1 N–H and O–H groups in total. The lowest BCUT2D eigenvalue weighted by atomic mass is 10.3. The Kier molecular flexibility index (Phi) is 4.50. The summed E-state index contributed by atoms with van der Waals surface area (Å²) in [6, 6.07) is 0. The molecule has 1 saturated heterocycles. The van der Waals surface area contributed by atoms with Crippen LogP contribution in [0.1, 0.15) is 26.2 Å². The van der Waals surface area contributed by atoms with Gasteiger partial charge in [0, 0.05) is 0 Å². The molecule has 66 valence electrons. The summed E-state index contributed by atoms with van der Waals surface area (Å²) in [5, 5.41) is 3.18. The highest BCUT2D eigenvalue weighted by atomic mass is 16.7. The van der Waals surface area contributed by atoms with Gasteiger partial charge in [-0.2, -0.15) is 0 Å². The Morgan fingerprint density at radius 2 is 2.09 bits per heavy atom. The van der Waals surface area contributed by atoms with Crippen LogP contribution in [0, 0.1) is 0 Å². The molecule has 0 unspecified atom stereocenters. The monoisotopic (exact) mass is 159 g/mol. The average molecular weight is 159 g/mol. The van der Waals surface area contributed by atoms with Gasteiger partial charge in [-0.25, -0.2) is 0 Å². The molecule has 1 heterocycles. The highest BCUT2D eigenvalue weighted by molar-refractivity contribution is 4.50. The molecule has 0 atom stereocenters. The lowest BCUT2D eigenvalue weighted by molar-refractivity contribution is -0.194. The first kappa shape index (κ1) is 8.97. The van der Waals surface area contributed by atoms with Crippen LogP contribution in [0.2, 0.25) is 0 Å². The van der Waals surface area contributed by atoms with E-state index in [2.05, 4.69) is 12.2 Å². The van der Waals surface area contributed by atoms with Crippen LogP contribution in [0.4, 0.5) is 0 Å². The van der Waals surface area contributed by atoms with Crippen LogP contribution >= 0.6 is 0 Å². The highest BCUT2D eigenvalue weighted by Gasteiger charge is 2.11. The Labute approximate surface area is 68.1 Å². The van der Waals surface area contributed by atoms with E-state index in [0.717, 1.165) is 26.2 Å². The maximum absolute atomic E-state index is 5.29. The van der Waals surface area contributed by atoms with Crippen LogP contribution < -0.4 is 5.32 Å². The summed E-state index contributed by atoms with van der Waals surface area (Å²) >= 11 is 0. The van der Waals surface area contributed by atoms with Crippen molar-refractivity contribution in [3.63, 3.8) is 0 Å². The molecule has 0 aromatic carbocycles. The number of ether oxygens (including phenoxy) is 2. The fraction of sp³-hybridized carbons (Fsp3) is 1.00. The SMILES string of the molecule is CCCCNC1OCCCO1. The van der Waals surface area contributed by atoms with Crippen LogP contribution in [-0.2, 0) is 9.47 Å². The summed E-state index contributed by atoms with van der Waals surface area (Å²) in [4.78, 5) is 0. The molecule has 1 aliphatic heterocycles. The quantitative estimate of drug-likeness (QED) is 0.623. The second kappa shape index (κ2) is 5.52. The third-order valence-corrected chi connectivity index (χ3v) is 1.67.